The third-order valence-electron chi connectivity index (χ3n) is 3.59. The zero-order chi connectivity index (χ0) is 12.3. The Morgan fingerprint density at radius 3 is 1.31 bits per heavy atom. The van der Waals surface area contributed by atoms with Crippen LogP contribution in [0, 0.1) is 6.92 Å². The fourth-order valence-corrected chi connectivity index (χ4v) is 2.49. The predicted octanol–water partition coefficient (Wildman–Crippen LogP) is 4.43. The minimum Gasteiger partial charge on any atom is -0.324 e. The molecule has 0 fully saturated rings. The Bertz CT molecular complexity index is 121. The van der Waals surface area contributed by atoms with E-state index in [0.717, 1.165) is 6.42 Å². The van der Waals surface area contributed by atoms with Crippen molar-refractivity contribution in [2.45, 2.75) is 65.7 Å². The van der Waals surface area contributed by atoms with Crippen LogP contribution in [0.5, 0.6) is 0 Å². The van der Waals surface area contributed by atoms with Crippen LogP contribution in [0.15, 0.2) is 0 Å². The second kappa shape index (κ2) is 10.1. The highest BCUT2D eigenvalue weighted by Crippen LogP contribution is 2.15. The maximum atomic E-state index is 4.08. The van der Waals surface area contributed by atoms with E-state index in [9.17, 15) is 0 Å². The molecule has 0 aromatic rings. The van der Waals surface area contributed by atoms with Crippen molar-refractivity contribution < 1.29 is 4.48 Å². The van der Waals surface area contributed by atoms with Gasteiger partial charge in [0.25, 0.3) is 0 Å². The molecule has 16 heavy (non-hydrogen) atoms. The molecule has 1 radical (unpaired) electrons. The lowest BCUT2D eigenvalue weighted by Gasteiger charge is -2.39. The maximum absolute atomic E-state index is 4.08. The fourth-order valence-electron chi connectivity index (χ4n) is 2.49. The van der Waals surface area contributed by atoms with Crippen LogP contribution in [0.25, 0.3) is 0 Å². The van der Waals surface area contributed by atoms with Crippen molar-refractivity contribution in [1.29, 1.82) is 0 Å². The molecule has 0 aliphatic heterocycles. The fraction of sp³-hybridized carbons (Fsp3) is 0.933. The second-order valence-corrected chi connectivity index (χ2v) is 5.15. The smallest absolute Gasteiger partial charge is 0.0786 e. The van der Waals surface area contributed by atoms with Crippen molar-refractivity contribution in [3.05, 3.63) is 6.92 Å². The molecule has 0 amide bonds. The largest absolute Gasteiger partial charge is 0.324 e. The van der Waals surface area contributed by atoms with Crippen LogP contribution >= 0.6 is 0 Å². The van der Waals surface area contributed by atoms with E-state index in [2.05, 4.69) is 27.7 Å². The van der Waals surface area contributed by atoms with Crippen LogP contribution in [0.4, 0.5) is 0 Å². The van der Waals surface area contributed by atoms with Gasteiger partial charge in [0.1, 0.15) is 0 Å². The van der Waals surface area contributed by atoms with Crippen LogP contribution < -0.4 is 0 Å². The molecule has 0 rings (SSSR count). The third-order valence-corrected chi connectivity index (χ3v) is 3.59. The van der Waals surface area contributed by atoms with Crippen LogP contribution in [-0.2, 0) is 0 Å². The summed E-state index contributed by atoms with van der Waals surface area (Å²) in [5, 5.41) is 0. The summed E-state index contributed by atoms with van der Waals surface area (Å²) in [4.78, 5) is 0. The van der Waals surface area contributed by atoms with E-state index in [1.807, 2.05) is 0 Å². The quantitative estimate of drug-likeness (QED) is 0.458. The highest BCUT2D eigenvalue weighted by Gasteiger charge is 2.24. The van der Waals surface area contributed by atoms with Gasteiger partial charge in [-0.15, -0.1) is 0 Å². The van der Waals surface area contributed by atoms with Crippen LogP contribution in [0.3, 0.4) is 0 Å². The molecule has 0 aromatic heterocycles. The zero-order valence-corrected chi connectivity index (χ0v) is 11.9. The Hall–Kier alpha value is -0.0400. The van der Waals surface area contributed by atoms with Gasteiger partial charge >= 0.3 is 0 Å². The Morgan fingerprint density at radius 2 is 1.06 bits per heavy atom. The Kier molecular flexibility index (Phi) is 10.1. The van der Waals surface area contributed by atoms with Gasteiger partial charge in [-0.1, -0.05) is 40.0 Å². The molecule has 0 N–H and O–H groups in total. The average molecular weight is 227 g/mol. The minimum absolute atomic E-state index is 1.09. The number of hydrogen-bond acceptors (Lipinski definition) is 0. The van der Waals surface area contributed by atoms with Gasteiger partial charge in [-0.3, -0.25) is 0 Å². The first kappa shape index (κ1) is 16.0. The first-order valence-corrected chi connectivity index (χ1v) is 7.39. The molecule has 0 aliphatic carbocycles. The van der Waals surface area contributed by atoms with Gasteiger partial charge in [0.05, 0.1) is 26.2 Å². The zero-order valence-electron chi connectivity index (χ0n) is 11.9. The molecule has 0 aliphatic rings. The van der Waals surface area contributed by atoms with Crippen molar-refractivity contribution in [2.24, 2.45) is 0 Å². The third kappa shape index (κ3) is 6.52. The average Bonchev–Trinajstić information content (AvgIpc) is 2.31. The van der Waals surface area contributed by atoms with Gasteiger partial charge in [0, 0.05) is 0 Å². The van der Waals surface area contributed by atoms with E-state index in [-0.39, 0.29) is 0 Å². The molecule has 0 aromatic carbocycles. The molecule has 0 heterocycles. The molecule has 0 bridgehead atoms. The van der Waals surface area contributed by atoms with Gasteiger partial charge in [-0.05, 0) is 32.6 Å². The van der Waals surface area contributed by atoms with Crippen molar-refractivity contribution in [3.63, 3.8) is 0 Å². The van der Waals surface area contributed by atoms with Crippen molar-refractivity contribution in [3.8, 4) is 0 Å². The van der Waals surface area contributed by atoms with Gasteiger partial charge in [-0.25, -0.2) is 0 Å². The summed E-state index contributed by atoms with van der Waals surface area (Å²) in [6.45, 7) is 16.4. The molecular formula is C15H33N+. The first-order valence-electron chi connectivity index (χ1n) is 7.39. The van der Waals surface area contributed by atoms with E-state index >= 15 is 0 Å². The van der Waals surface area contributed by atoms with E-state index < -0.39 is 0 Å². The summed E-state index contributed by atoms with van der Waals surface area (Å²) in [6, 6.07) is 0. The number of rotatable bonds is 11. The van der Waals surface area contributed by atoms with Gasteiger partial charge in [-0.2, -0.15) is 0 Å². The monoisotopic (exact) mass is 227 g/mol. The van der Waals surface area contributed by atoms with Crippen LogP contribution in [0.2, 0.25) is 0 Å². The summed E-state index contributed by atoms with van der Waals surface area (Å²) in [6.07, 6.45) is 9.23. The lowest BCUT2D eigenvalue weighted by Crippen LogP contribution is -2.50. The number of nitrogens with zero attached hydrogens (tertiary/aromatic N) is 1. The normalized spacial score (nSPS) is 12.0. The molecule has 0 saturated heterocycles. The number of quaternary nitrogens is 1. The van der Waals surface area contributed by atoms with Crippen molar-refractivity contribution in [1.82, 2.24) is 0 Å². The summed E-state index contributed by atoms with van der Waals surface area (Å²) in [7, 11) is 0. The molecule has 0 spiro atoms. The molecule has 0 atom stereocenters. The highest BCUT2D eigenvalue weighted by molar-refractivity contribution is 4.50. The second-order valence-electron chi connectivity index (χ2n) is 5.15. The number of unbranched alkanes of at least 4 members (excludes halogenated alkanes) is 3. The van der Waals surface area contributed by atoms with E-state index in [4.69, 9.17) is 0 Å². The standard InChI is InChI=1S/C15H33N/c1-5-9-13-16(12-8-4,14-10-6-2)15-11-7-3/h4-15H2,1-3H3/q+1. The minimum atomic E-state index is 1.09. The Morgan fingerprint density at radius 1 is 0.688 bits per heavy atom. The highest BCUT2D eigenvalue weighted by atomic mass is 15.3. The molecule has 1 nitrogen and oxygen atoms in total. The molecule has 1 heteroatoms. The molecular weight excluding hydrogens is 194 g/mol. The topological polar surface area (TPSA) is 0 Å². The molecule has 0 unspecified atom stereocenters. The maximum Gasteiger partial charge on any atom is 0.0786 e. The summed E-state index contributed by atoms with van der Waals surface area (Å²) >= 11 is 0. The lowest BCUT2D eigenvalue weighted by atomic mass is 10.1. The van der Waals surface area contributed by atoms with Crippen molar-refractivity contribution in [2.75, 3.05) is 26.2 Å². The predicted molar refractivity (Wildman–Crippen MR) is 74.4 cm³/mol. The Labute approximate surface area is 104 Å². The number of hydrogen-bond donors (Lipinski definition) is 0. The van der Waals surface area contributed by atoms with Gasteiger partial charge in [0.2, 0.25) is 0 Å². The van der Waals surface area contributed by atoms with Gasteiger partial charge in [0.15, 0.2) is 0 Å². The van der Waals surface area contributed by atoms with E-state index in [0.29, 0.717) is 0 Å². The SMILES string of the molecule is [CH2]CC[N+](CCCC)(CCCC)CCCC. The van der Waals surface area contributed by atoms with E-state index in [1.165, 1.54) is 69.2 Å². The van der Waals surface area contributed by atoms with Crippen molar-refractivity contribution >= 4 is 0 Å². The molecule has 0 saturated carbocycles. The van der Waals surface area contributed by atoms with Crippen LogP contribution in [0.1, 0.15) is 65.7 Å². The first-order chi connectivity index (χ1) is 7.74. The lowest BCUT2D eigenvalue weighted by molar-refractivity contribution is -0.928. The molecule has 97 valence electrons. The summed E-state index contributed by atoms with van der Waals surface area (Å²) < 4.78 is 1.35. The summed E-state index contributed by atoms with van der Waals surface area (Å²) in [5.74, 6) is 0. The van der Waals surface area contributed by atoms with E-state index in [1.54, 1.807) is 0 Å². The van der Waals surface area contributed by atoms with Gasteiger partial charge < -0.3 is 4.48 Å². The van der Waals surface area contributed by atoms with Crippen LogP contribution in [-0.4, -0.2) is 30.7 Å². The Balaban J connectivity index is 4.32. The summed E-state index contributed by atoms with van der Waals surface area (Å²) in [5.41, 5.74) is 0.